The van der Waals surface area contributed by atoms with Gasteiger partial charge in [0, 0.05) is 17.0 Å². The van der Waals surface area contributed by atoms with Crippen LogP contribution in [0.2, 0.25) is 5.02 Å². The van der Waals surface area contributed by atoms with Crippen LogP contribution in [0, 0.1) is 6.92 Å². The summed E-state index contributed by atoms with van der Waals surface area (Å²) in [6, 6.07) is 13.3. The quantitative estimate of drug-likeness (QED) is 0.690. The van der Waals surface area contributed by atoms with Gasteiger partial charge in [0.15, 0.2) is 0 Å². The molecule has 0 fully saturated rings. The number of aromatic amines is 1. The van der Waals surface area contributed by atoms with Gasteiger partial charge in [-0.3, -0.25) is 4.79 Å². The first-order chi connectivity index (χ1) is 10.6. The number of aromatic nitrogens is 1. The number of nitrogens with one attached hydrogen (secondary N) is 2. The molecule has 0 aliphatic rings. The summed E-state index contributed by atoms with van der Waals surface area (Å²) in [6.45, 7) is 2.42. The third-order valence-electron chi connectivity index (χ3n) is 3.62. The number of benzene rings is 2. The second-order valence-corrected chi connectivity index (χ2v) is 5.64. The average Bonchev–Trinajstić information content (AvgIpc) is 2.50. The van der Waals surface area contributed by atoms with Gasteiger partial charge in [0.2, 0.25) is 0 Å². The fourth-order valence-corrected chi connectivity index (χ4v) is 2.64. The van der Waals surface area contributed by atoms with Crippen molar-refractivity contribution in [2.24, 2.45) is 0 Å². The van der Waals surface area contributed by atoms with Crippen LogP contribution in [0.15, 0.2) is 47.3 Å². The lowest BCUT2D eigenvalue weighted by molar-refractivity contribution is 1.13. The van der Waals surface area contributed by atoms with Gasteiger partial charge >= 0.3 is 0 Å². The molecule has 0 radical (unpaired) electrons. The number of rotatable bonds is 3. The van der Waals surface area contributed by atoms with Crippen LogP contribution in [0.25, 0.3) is 10.9 Å². The minimum absolute atomic E-state index is 0.235. The van der Waals surface area contributed by atoms with E-state index in [-0.39, 0.29) is 5.56 Å². The molecule has 1 aromatic heterocycles. The highest BCUT2D eigenvalue weighted by molar-refractivity contribution is 6.31. The number of nitrogen functional groups attached to an aromatic ring is 1. The van der Waals surface area contributed by atoms with Crippen LogP contribution >= 0.6 is 11.6 Å². The van der Waals surface area contributed by atoms with E-state index in [0.717, 1.165) is 22.0 Å². The molecule has 0 unspecified atom stereocenters. The molecule has 3 rings (SSSR count). The monoisotopic (exact) mass is 313 g/mol. The smallest absolute Gasteiger partial charge is 0.273 e. The molecule has 3 aromatic rings. The van der Waals surface area contributed by atoms with Crippen LogP contribution in [-0.2, 0) is 6.54 Å². The van der Waals surface area contributed by atoms with E-state index in [1.165, 1.54) is 0 Å². The zero-order chi connectivity index (χ0) is 15.7. The molecule has 0 saturated heterocycles. The van der Waals surface area contributed by atoms with Crippen molar-refractivity contribution in [1.29, 1.82) is 0 Å². The maximum atomic E-state index is 12.2. The molecule has 4 nitrogen and oxygen atoms in total. The Kier molecular flexibility index (Phi) is 3.77. The number of hydrogen-bond donors (Lipinski definition) is 3. The zero-order valence-corrected chi connectivity index (χ0v) is 12.9. The van der Waals surface area contributed by atoms with E-state index in [1.807, 2.05) is 49.4 Å². The Labute approximate surface area is 132 Å². The molecular weight excluding hydrogens is 298 g/mol. The van der Waals surface area contributed by atoms with Crippen molar-refractivity contribution in [3.8, 4) is 0 Å². The van der Waals surface area contributed by atoms with E-state index in [0.29, 0.717) is 22.9 Å². The third kappa shape index (κ3) is 2.65. The highest BCUT2D eigenvalue weighted by Gasteiger charge is 2.10. The van der Waals surface area contributed by atoms with Crippen molar-refractivity contribution < 1.29 is 0 Å². The van der Waals surface area contributed by atoms with Crippen molar-refractivity contribution in [2.45, 2.75) is 13.5 Å². The standard InChI is InChI=1S/C17H16ClN3O/c1-10-6-7-14-12(8-10)15(19)16(17(22)21-14)20-9-11-4-2-3-5-13(11)18/h2-8,20H,9H2,1H3,(H3,19,21,22). The second kappa shape index (κ2) is 5.73. The van der Waals surface area contributed by atoms with E-state index in [9.17, 15) is 4.79 Å². The van der Waals surface area contributed by atoms with Crippen molar-refractivity contribution in [1.82, 2.24) is 4.98 Å². The molecule has 0 spiro atoms. The maximum Gasteiger partial charge on any atom is 0.273 e. The lowest BCUT2D eigenvalue weighted by Crippen LogP contribution is -2.17. The fourth-order valence-electron chi connectivity index (χ4n) is 2.43. The fraction of sp³-hybridized carbons (Fsp3) is 0.118. The normalized spacial score (nSPS) is 10.8. The SMILES string of the molecule is Cc1ccc2[nH]c(=O)c(NCc3ccccc3Cl)c(N)c2c1. The molecule has 2 aromatic carbocycles. The Morgan fingerprint density at radius 3 is 2.77 bits per heavy atom. The molecule has 0 amide bonds. The van der Waals surface area contributed by atoms with Gasteiger partial charge in [0.1, 0.15) is 5.69 Å². The molecule has 0 aliphatic heterocycles. The number of pyridine rings is 1. The van der Waals surface area contributed by atoms with Crippen molar-refractivity contribution >= 4 is 33.9 Å². The molecule has 0 aliphatic carbocycles. The lowest BCUT2D eigenvalue weighted by Gasteiger charge is -2.12. The summed E-state index contributed by atoms with van der Waals surface area (Å²) in [7, 11) is 0. The Morgan fingerprint density at radius 2 is 2.00 bits per heavy atom. The van der Waals surface area contributed by atoms with Crippen LogP contribution in [0.3, 0.4) is 0 Å². The predicted molar refractivity (Wildman–Crippen MR) is 92.5 cm³/mol. The summed E-state index contributed by atoms with van der Waals surface area (Å²) in [5.41, 5.74) is 9.50. The predicted octanol–water partition coefficient (Wildman–Crippen LogP) is 3.68. The Hall–Kier alpha value is -2.46. The number of H-pyrrole nitrogens is 1. The number of anilines is 2. The van der Waals surface area contributed by atoms with Gasteiger partial charge in [0.05, 0.1) is 11.2 Å². The third-order valence-corrected chi connectivity index (χ3v) is 3.99. The number of nitrogens with two attached hydrogens (primary N) is 1. The second-order valence-electron chi connectivity index (χ2n) is 5.24. The van der Waals surface area contributed by atoms with Gasteiger partial charge in [-0.05, 0) is 30.7 Å². The van der Waals surface area contributed by atoms with E-state index in [1.54, 1.807) is 0 Å². The highest BCUT2D eigenvalue weighted by atomic mass is 35.5. The molecule has 1 heterocycles. The first-order valence-electron chi connectivity index (χ1n) is 6.95. The summed E-state index contributed by atoms with van der Waals surface area (Å²) in [5.74, 6) is 0. The molecule has 0 bridgehead atoms. The Morgan fingerprint density at radius 1 is 1.23 bits per heavy atom. The van der Waals surface area contributed by atoms with Gasteiger partial charge in [-0.1, -0.05) is 41.4 Å². The zero-order valence-electron chi connectivity index (χ0n) is 12.1. The Balaban J connectivity index is 2.00. The summed E-state index contributed by atoms with van der Waals surface area (Å²) in [6.07, 6.45) is 0. The van der Waals surface area contributed by atoms with Crippen LogP contribution in [0.5, 0.6) is 0 Å². The molecule has 112 valence electrons. The van der Waals surface area contributed by atoms with Crippen molar-refractivity contribution in [3.05, 3.63) is 69.0 Å². The summed E-state index contributed by atoms with van der Waals surface area (Å²) in [4.78, 5) is 15.1. The van der Waals surface area contributed by atoms with Gasteiger partial charge in [-0.25, -0.2) is 0 Å². The molecule has 4 N–H and O–H groups in total. The van der Waals surface area contributed by atoms with Crippen LogP contribution in [-0.4, -0.2) is 4.98 Å². The first-order valence-corrected chi connectivity index (χ1v) is 7.33. The van der Waals surface area contributed by atoms with Gasteiger partial charge < -0.3 is 16.0 Å². The average molecular weight is 314 g/mol. The van der Waals surface area contributed by atoms with Gasteiger partial charge in [0.25, 0.3) is 5.56 Å². The van der Waals surface area contributed by atoms with Crippen LogP contribution in [0.1, 0.15) is 11.1 Å². The van der Waals surface area contributed by atoms with E-state index >= 15 is 0 Å². The number of aryl methyl sites for hydroxylation is 1. The van der Waals surface area contributed by atoms with Crippen molar-refractivity contribution in [2.75, 3.05) is 11.1 Å². The van der Waals surface area contributed by atoms with E-state index in [4.69, 9.17) is 17.3 Å². The van der Waals surface area contributed by atoms with Crippen LogP contribution in [0.4, 0.5) is 11.4 Å². The minimum Gasteiger partial charge on any atom is -0.396 e. The number of fused-ring (bicyclic) bond motifs is 1. The van der Waals surface area contributed by atoms with Crippen LogP contribution < -0.4 is 16.6 Å². The van der Waals surface area contributed by atoms with Crippen molar-refractivity contribution in [3.63, 3.8) is 0 Å². The first kappa shape index (κ1) is 14.5. The lowest BCUT2D eigenvalue weighted by atomic mass is 10.1. The highest BCUT2D eigenvalue weighted by Crippen LogP contribution is 2.25. The van der Waals surface area contributed by atoms with Gasteiger partial charge in [-0.15, -0.1) is 0 Å². The van der Waals surface area contributed by atoms with E-state index in [2.05, 4.69) is 10.3 Å². The molecule has 22 heavy (non-hydrogen) atoms. The molecule has 0 saturated carbocycles. The molecular formula is C17H16ClN3O. The van der Waals surface area contributed by atoms with Gasteiger partial charge in [-0.2, -0.15) is 0 Å². The Bertz CT molecular complexity index is 902. The molecule has 0 atom stereocenters. The van der Waals surface area contributed by atoms with E-state index < -0.39 is 0 Å². The summed E-state index contributed by atoms with van der Waals surface area (Å²) >= 11 is 6.13. The number of halogens is 1. The molecule has 5 heteroatoms. The maximum absolute atomic E-state index is 12.2. The topological polar surface area (TPSA) is 70.9 Å². The summed E-state index contributed by atoms with van der Waals surface area (Å²) in [5, 5.41) is 4.59. The number of hydrogen-bond acceptors (Lipinski definition) is 3. The summed E-state index contributed by atoms with van der Waals surface area (Å²) < 4.78 is 0. The largest absolute Gasteiger partial charge is 0.396 e. The minimum atomic E-state index is -0.235.